The Labute approximate surface area is 282 Å². The van der Waals surface area contributed by atoms with Gasteiger partial charge in [-0.05, 0) is 66.7 Å². The molecule has 0 aliphatic heterocycles. The Kier molecular flexibility index (Phi) is 5.48. The Balaban J connectivity index is 1.12. The van der Waals surface area contributed by atoms with Crippen molar-refractivity contribution in [2.24, 2.45) is 0 Å². The number of para-hydroxylation sites is 2. The van der Waals surface area contributed by atoms with Gasteiger partial charge in [0.05, 0.1) is 15.6 Å². The second-order valence-electron chi connectivity index (χ2n) is 12.3. The normalized spacial score (nSPS) is 12.1. The Bertz CT molecular complexity index is 3070. The number of anilines is 3. The van der Waals surface area contributed by atoms with Gasteiger partial charge in [0.1, 0.15) is 38.5 Å². The highest BCUT2D eigenvalue weighted by Crippen LogP contribution is 2.44. The lowest BCUT2D eigenvalue weighted by Gasteiger charge is -2.25. The topological polar surface area (TPSA) is 55.6 Å². The monoisotopic (exact) mass is 648 g/mol. The zero-order valence-electron chi connectivity index (χ0n) is 25.9. The number of hydrogen-bond donors (Lipinski definition) is 0. The second-order valence-corrected chi connectivity index (χ2v) is 13.4. The van der Waals surface area contributed by atoms with Crippen LogP contribution in [0.1, 0.15) is 0 Å². The maximum absolute atomic E-state index is 6.57. The molecule has 4 aromatic heterocycles. The van der Waals surface area contributed by atoms with Crippen LogP contribution in [0.25, 0.3) is 86.6 Å². The van der Waals surface area contributed by atoms with E-state index in [1.54, 1.807) is 11.3 Å². The van der Waals surface area contributed by atoms with E-state index in [1.807, 2.05) is 36.4 Å². The third kappa shape index (κ3) is 4.01. The zero-order chi connectivity index (χ0) is 32.1. The number of nitrogens with zero attached hydrogens (tertiary/aromatic N) is 2. The first-order chi connectivity index (χ1) is 24.2. The summed E-state index contributed by atoms with van der Waals surface area (Å²) in [6.45, 7) is 0. The number of aromatic nitrogens is 1. The van der Waals surface area contributed by atoms with Crippen molar-refractivity contribution in [2.45, 2.75) is 0 Å². The smallest absolute Gasteiger partial charge is 0.137 e. The molecular weight excluding hydrogens is 625 g/mol. The number of furan rings is 3. The molecule has 0 aliphatic carbocycles. The maximum atomic E-state index is 6.57. The van der Waals surface area contributed by atoms with Crippen molar-refractivity contribution in [3.8, 4) is 10.6 Å². The van der Waals surface area contributed by atoms with Crippen LogP contribution in [0.5, 0.6) is 0 Å². The summed E-state index contributed by atoms with van der Waals surface area (Å²) < 4.78 is 20.2. The second kappa shape index (κ2) is 10.1. The Morgan fingerprint density at radius 3 is 1.78 bits per heavy atom. The molecule has 0 saturated heterocycles. The molecule has 11 rings (SSSR count). The van der Waals surface area contributed by atoms with E-state index in [0.29, 0.717) is 0 Å². The summed E-state index contributed by atoms with van der Waals surface area (Å²) in [6.07, 6.45) is 0. The van der Waals surface area contributed by atoms with E-state index in [1.165, 1.54) is 0 Å². The molecule has 0 bridgehead atoms. The molecule has 0 saturated carbocycles. The van der Waals surface area contributed by atoms with E-state index < -0.39 is 0 Å². The van der Waals surface area contributed by atoms with Gasteiger partial charge < -0.3 is 18.2 Å². The molecule has 4 heterocycles. The molecular formula is C43H24N2O3S. The van der Waals surface area contributed by atoms with Gasteiger partial charge in [0.25, 0.3) is 0 Å². The molecule has 6 heteroatoms. The molecule has 0 unspecified atom stereocenters. The fourth-order valence-electron chi connectivity index (χ4n) is 7.24. The Morgan fingerprint density at radius 2 is 0.980 bits per heavy atom. The van der Waals surface area contributed by atoms with Crippen molar-refractivity contribution in [1.82, 2.24) is 4.98 Å². The van der Waals surface area contributed by atoms with E-state index in [0.717, 1.165) is 104 Å². The molecule has 0 fully saturated rings. The quantitative estimate of drug-likeness (QED) is 0.190. The van der Waals surface area contributed by atoms with Crippen LogP contribution in [-0.4, -0.2) is 4.98 Å². The SMILES string of the molecule is c1ccc(-c2nc3c(ccc4oc5cc(N(c6ccc7c(c6)oc6ccccc67)c6ccc7oc8ccccc8c7c6)ccc5c43)s2)cc1. The predicted molar refractivity (Wildman–Crippen MR) is 202 cm³/mol. The third-order valence-corrected chi connectivity index (χ3v) is 10.6. The Morgan fingerprint density at radius 1 is 0.429 bits per heavy atom. The molecule has 7 aromatic carbocycles. The Hall–Kier alpha value is -6.37. The van der Waals surface area contributed by atoms with Gasteiger partial charge >= 0.3 is 0 Å². The van der Waals surface area contributed by atoms with Crippen LogP contribution in [0.3, 0.4) is 0 Å². The van der Waals surface area contributed by atoms with Gasteiger partial charge in [-0.2, -0.15) is 0 Å². The minimum absolute atomic E-state index is 0.805. The van der Waals surface area contributed by atoms with Crippen molar-refractivity contribution in [3.63, 3.8) is 0 Å². The highest BCUT2D eigenvalue weighted by atomic mass is 32.1. The molecule has 0 spiro atoms. The molecule has 0 atom stereocenters. The highest BCUT2D eigenvalue weighted by Gasteiger charge is 2.20. The molecule has 0 N–H and O–H groups in total. The summed E-state index contributed by atoms with van der Waals surface area (Å²) in [7, 11) is 0. The minimum atomic E-state index is 0.805. The van der Waals surface area contributed by atoms with E-state index in [2.05, 4.69) is 114 Å². The fraction of sp³-hybridized carbons (Fsp3) is 0. The lowest BCUT2D eigenvalue weighted by molar-refractivity contribution is 0.668. The van der Waals surface area contributed by atoms with Crippen LogP contribution >= 0.6 is 11.3 Å². The number of benzene rings is 7. The van der Waals surface area contributed by atoms with E-state index in [-0.39, 0.29) is 0 Å². The predicted octanol–water partition coefficient (Wildman–Crippen LogP) is 13.1. The highest BCUT2D eigenvalue weighted by molar-refractivity contribution is 7.21. The average Bonchev–Trinajstić information content (AvgIpc) is 3.92. The van der Waals surface area contributed by atoms with Crippen LogP contribution in [0, 0.1) is 0 Å². The van der Waals surface area contributed by atoms with Gasteiger partial charge in [0.2, 0.25) is 0 Å². The molecule has 11 aromatic rings. The van der Waals surface area contributed by atoms with Gasteiger partial charge in [-0.1, -0.05) is 66.7 Å². The van der Waals surface area contributed by atoms with Crippen molar-refractivity contribution < 1.29 is 13.3 Å². The van der Waals surface area contributed by atoms with Crippen molar-refractivity contribution >= 4 is 104 Å². The first kappa shape index (κ1) is 26.7. The van der Waals surface area contributed by atoms with Crippen LogP contribution in [0.15, 0.2) is 159 Å². The van der Waals surface area contributed by atoms with Crippen LogP contribution < -0.4 is 4.90 Å². The molecule has 230 valence electrons. The minimum Gasteiger partial charge on any atom is -0.456 e. The first-order valence-corrected chi connectivity index (χ1v) is 17.0. The van der Waals surface area contributed by atoms with Crippen LogP contribution in [0.2, 0.25) is 0 Å². The molecule has 5 nitrogen and oxygen atoms in total. The van der Waals surface area contributed by atoms with Gasteiger partial charge in [0, 0.05) is 61.7 Å². The van der Waals surface area contributed by atoms with E-state index >= 15 is 0 Å². The first-order valence-electron chi connectivity index (χ1n) is 16.2. The number of thiazole rings is 1. The lowest BCUT2D eigenvalue weighted by atomic mass is 10.1. The lowest BCUT2D eigenvalue weighted by Crippen LogP contribution is -2.09. The largest absolute Gasteiger partial charge is 0.456 e. The summed E-state index contributed by atoms with van der Waals surface area (Å²) in [5, 5.41) is 7.43. The van der Waals surface area contributed by atoms with Crippen molar-refractivity contribution in [1.29, 1.82) is 0 Å². The van der Waals surface area contributed by atoms with Crippen molar-refractivity contribution in [2.75, 3.05) is 4.90 Å². The maximum Gasteiger partial charge on any atom is 0.137 e. The molecule has 0 radical (unpaired) electrons. The molecule has 0 amide bonds. The van der Waals surface area contributed by atoms with Gasteiger partial charge in [-0.3, -0.25) is 0 Å². The van der Waals surface area contributed by atoms with Crippen molar-refractivity contribution in [3.05, 3.63) is 146 Å². The number of fused-ring (bicyclic) bond motifs is 11. The summed E-state index contributed by atoms with van der Waals surface area (Å²) in [5.74, 6) is 0. The standard InChI is InChI=1S/C43H24N2O3S/c1-2-8-25(9-3-1)43-44-42-40(49-43)21-20-37-41(42)32-18-15-28(24-39(32)48-37)45(26-16-19-36-33(22-26)30-11-5-7-13-35(30)46-36)27-14-17-31-29-10-4-6-12-34(29)47-38(31)23-27/h1-24H. The van der Waals surface area contributed by atoms with Gasteiger partial charge in [-0.25, -0.2) is 4.98 Å². The summed E-state index contributed by atoms with van der Waals surface area (Å²) in [6, 6.07) is 50.2. The average molecular weight is 649 g/mol. The molecule has 0 aliphatic rings. The molecule has 49 heavy (non-hydrogen) atoms. The number of rotatable bonds is 4. The van der Waals surface area contributed by atoms with Gasteiger partial charge in [0.15, 0.2) is 0 Å². The fourth-order valence-corrected chi connectivity index (χ4v) is 8.22. The summed E-state index contributed by atoms with van der Waals surface area (Å²) >= 11 is 1.71. The van der Waals surface area contributed by atoms with Gasteiger partial charge in [-0.15, -0.1) is 11.3 Å². The van der Waals surface area contributed by atoms with Crippen LogP contribution in [0.4, 0.5) is 17.1 Å². The van der Waals surface area contributed by atoms with E-state index in [9.17, 15) is 0 Å². The van der Waals surface area contributed by atoms with Crippen LogP contribution in [-0.2, 0) is 0 Å². The third-order valence-electron chi connectivity index (χ3n) is 9.50. The summed E-state index contributed by atoms with van der Waals surface area (Å²) in [4.78, 5) is 7.37. The van der Waals surface area contributed by atoms with E-state index in [4.69, 9.17) is 18.2 Å². The number of hydrogen-bond acceptors (Lipinski definition) is 6. The summed E-state index contributed by atoms with van der Waals surface area (Å²) in [5.41, 5.74) is 10.1. The zero-order valence-corrected chi connectivity index (χ0v) is 26.7.